The van der Waals surface area contributed by atoms with Gasteiger partial charge in [0, 0.05) is 31.0 Å². The van der Waals surface area contributed by atoms with E-state index in [4.69, 9.17) is 5.11 Å². The fourth-order valence-electron chi connectivity index (χ4n) is 2.38. The van der Waals surface area contributed by atoms with Crippen LogP contribution in [0.3, 0.4) is 0 Å². The zero-order valence-electron chi connectivity index (χ0n) is 13.0. The Kier molecular flexibility index (Phi) is 5.42. The lowest BCUT2D eigenvalue weighted by Crippen LogP contribution is -2.21. The molecule has 0 heterocycles. The van der Waals surface area contributed by atoms with Gasteiger partial charge in [-0.15, -0.1) is 0 Å². The van der Waals surface area contributed by atoms with Crippen molar-refractivity contribution in [3.05, 3.63) is 59.7 Å². The van der Waals surface area contributed by atoms with Crippen LogP contribution < -0.4 is 10.2 Å². The van der Waals surface area contributed by atoms with Gasteiger partial charge < -0.3 is 15.3 Å². The number of hydrogen-bond donors (Lipinski definition) is 2. The van der Waals surface area contributed by atoms with Gasteiger partial charge in [0.25, 0.3) is 0 Å². The average molecular weight is 298 g/mol. The minimum absolute atomic E-state index is 0.293. The van der Waals surface area contributed by atoms with Crippen LogP contribution in [0.2, 0.25) is 0 Å². The molecule has 2 rings (SSSR count). The largest absolute Gasteiger partial charge is 0.478 e. The van der Waals surface area contributed by atoms with Crippen LogP contribution in [0.1, 0.15) is 29.8 Å². The lowest BCUT2D eigenvalue weighted by molar-refractivity contribution is 0.0697. The van der Waals surface area contributed by atoms with Crippen molar-refractivity contribution in [3.63, 3.8) is 0 Å². The molecule has 0 fully saturated rings. The SMILES string of the molecule is CCN(CC)c1ccc(CNc2cccc(C(=O)O)c2)cc1. The number of hydrogen-bond acceptors (Lipinski definition) is 3. The molecule has 4 nitrogen and oxygen atoms in total. The van der Waals surface area contributed by atoms with E-state index in [0.29, 0.717) is 12.1 Å². The predicted molar refractivity (Wildman–Crippen MR) is 90.7 cm³/mol. The highest BCUT2D eigenvalue weighted by Crippen LogP contribution is 2.16. The summed E-state index contributed by atoms with van der Waals surface area (Å²) < 4.78 is 0. The quantitative estimate of drug-likeness (QED) is 0.815. The van der Waals surface area contributed by atoms with Crippen LogP contribution in [0.5, 0.6) is 0 Å². The van der Waals surface area contributed by atoms with E-state index in [9.17, 15) is 4.79 Å². The zero-order valence-corrected chi connectivity index (χ0v) is 13.0. The van der Waals surface area contributed by atoms with Crippen LogP contribution in [0.15, 0.2) is 48.5 Å². The molecule has 0 unspecified atom stereocenters. The molecule has 2 aromatic carbocycles. The van der Waals surface area contributed by atoms with Gasteiger partial charge >= 0.3 is 5.97 Å². The third-order valence-corrected chi connectivity index (χ3v) is 3.67. The fourth-order valence-corrected chi connectivity index (χ4v) is 2.38. The number of carboxylic acids is 1. The number of carbonyl (C=O) groups is 1. The molecule has 0 aliphatic rings. The summed E-state index contributed by atoms with van der Waals surface area (Å²) in [6.45, 7) is 6.95. The van der Waals surface area contributed by atoms with Crippen molar-refractivity contribution in [3.8, 4) is 0 Å². The highest BCUT2D eigenvalue weighted by atomic mass is 16.4. The first-order valence-corrected chi connectivity index (χ1v) is 7.55. The number of carboxylic acid groups (broad SMARTS) is 1. The average Bonchev–Trinajstić information content (AvgIpc) is 2.55. The van der Waals surface area contributed by atoms with Gasteiger partial charge in [-0.3, -0.25) is 0 Å². The van der Waals surface area contributed by atoms with Gasteiger partial charge in [0.1, 0.15) is 0 Å². The summed E-state index contributed by atoms with van der Waals surface area (Å²) >= 11 is 0. The summed E-state index contributed by atoms with van der Waals surface area (Å²) in [7, 11) is 0. The summed E-state index contributed by atoms with van der Waals surface area (Å²) in [6, 6.07) is 15.3. The molecule has 0 atom stereocenters. The number of benzene rings is 2. The number of nitrogens with one attached hydrogen (secondary N) is 1. The van der Waals surface area contributed by atoms with E-state index in [2.05, 4.69) is 48.3 Å². The van der Waals surface area contributed by atoms with Crippen molar-refractivity contribution in [2.24, 2.45) is 0 Å². The van der Waals surface area contributed by atoms with Gasteiger partial charge in [0.15, 0.2) is 0 Å². The normalized spacial score (nSPS) is 10.3. The Labute approximate surface area is 131 Å². The molecule has 0 saturated heterocycles. The van der Waals surface area contributed by atoms with E-state index in [1.54, 1.807) is 18.2 Å². The summed E-state index contributed by atoms with van der Waals surface area (Å²) in [6.07, 6.45) is 0. The number of anilines is 2. The van der Waals surface area contributed by atoms with E-state index < -0.39 is 5.97 Å². The molecule has 2 N–H and O–H groups in total. The third-order valence-electron chi connectivity index (χ3n) is 3.67. The number of aromatic carboxylic acids is 1. The van der Waals surface area contributed by atoms with E-state index >= 15 is 0 Å². The van der Waals surface area contributed by atoms with Crippen molar-refractivity contribution < 1.29 is 9.90 Å². The maximum Gasteiger partial charge on any atom is 0.335 e. The van der Waals surface area contributed by atoms with Crippen molar-refractivity contribution in [2.45, 2.75) is 20.4 Å². The molecule has 116 valence electrons. The Morgan fingerprint density at radius 2 is 1.77 bits per heavy atom. The molecule has 0 spiro atoms. The summed E-state index contributed by atoms with van der Waals surface area (Å²) in [5.41, 5.74) is 3.49. The molecule has 4 heteroatoms. The Hall–Kier alpha value is -2.49. The van der Waals surface area contributed by atoms with Crippen molar-refractivity contribution >= 4 is 17.3 Å². The van der Waals surface area contributed by atoms with Crippen LogP contribution in [0, 0.1) is 0 Å². The lowest BCUT2D eigenvalue weighted by Gasteiger charge is -2.21. The van der Waals surface area contributed by atoms with Gasteiger partial charge in [0.2, 0.25) is 0 Å². The topological polar surface area (TPSA) is 52.6 Å². The monoisotopic (exact) mass is 298 g/mol. The van der Waals surface area contributed by atoms with E-state index in [-0.39, 0.29) is 0 Å². The second kappa shape index (κ2) is 7.50. The minimum Gasteiger partial charge on any atom is -0.478 e. The predicted octanol–water partition coefficient (Wildman–Crippen LogP) is 3.84. The first kappa shape index (κ1) is 15.9. The molecule has 0 aliphatic carbocycles. The molecule has 2 aromatic rings. The Morgan fingerprint density at radius 3 is 2.36 bits per heavy atom. The van der Waals surface area contributed by atoms with Crippen LogP contribution in [0.25, 0.3) is 0 Å². The Morgan fingerprint density at radius 1 is 1.09 bits per heavy atom. The fraction of sp³-hybridized carbons (Fsp3) is 0.278. The van der Waals surface area contributed by atoms with E-state index in [0.717, 1.165) is 24.3 Å². The smallest absolute Gasteiger partial charge is 0.335 e. The van der Waals surface area contributed by atoms with Gasteiger partial charge in [-0.1, -0.05) is 18.2 Å². The molecule has 0 bridgehead atoms. The second-order valence-corrected chi connectivity index (χ2v) is 5.08. The number of rotatable bonds is 7. The molecule has 22 heavy (non-hydrogen) atoms. The molecular weight excluding hydrogens is 276 g/mol. The molecule has 0 amide bonds. The van der Waals surface area contributed by atoms with Crippen LogP contribution >= 0.6 is 0 Å². The third kappa shape index (κ3) is 4.01. The van der Waals surface area contributed by atoms with E-state index in [1.165, 1.54) is 5.69 Å². The summed E-state index contributed by atoms with van der Waals surface area (Å²) in [4.78, 5) is 13.3. The molecular formula is C18H22N2O2. The maximum absolute atomic E-state index is 11.0. The summed E-state index contributed by atoms with van der Waals surface area (Å²) in [5, 5.41) is 12.2. The van der Waals surface area contributed by atoms with Crippen LogP contribution in [0.4, 0.5) is 11.4 Å². The van der Waals surface area contributed by atoms with Gasteiger partial charge in [-0.25, -0.2) is 4.79 Å². The van der Waals surface area contributed by atoms with Gasteiger partial charge in [-0.2, -0.15) is 0 Å². The maximum atomic E-state index is 11.0. The van der Waals surface area contributed by atoms with Crippen molar-refractivity contribution in [1.82, 2.24) is 0 Å². The van der Waals surface area contributed by atoms with Crippen LogP contribution in [-0.2, 0) is 6.54 Å². The first-order chi connectivity index (χ1) is 10.6. The summed E-state index contributed by atoms with van der Waals surface area (Å²) in [5.74, 6) is -0.910. The molecule has 0 aliphatic heterocycles. The molecule has 0 aromatic heterocycles. The molecule has 0 saturated carbocycles. The standard InChI is InChI=1S/C18H22N2O2/c1-3-20(4-2)17-10-8-14(9-11-17)13-19-16-7-5-6-15(12-16)18(21)22/h5-12,19H,3-4,13H2,1-2H3,(H,21,22). The Balaban J connectivity index is 2.00. The lowest BCUT2D eigenvalue weighted by atomic mass is 10.1. The number of nitrogens with zero attached hydrogens (tertiary/aromatic N) is 1. The van der Waals surface area contributed by atoms with E-state index in [1.807, 2.05) is 6.07 Å². The van der Waals surface area contributed by atoms with Crippen LogP contribution in [-0.4, -0.2) is 24.2 Å². The Bertz CT molecular complexity index is 619. The van der Waals surface area contributed by atoms with Crippen molar-refractivity contribution in [2.75, 3.05) is 23.3 Å². The van der Waals surface area contributed by atoms with Gasteiger partial charge in [-0.05, 0) is 49.7 Å². The first-order valence-electron chi connectivity index (χ1n) is 7.55. The van der Waals surface area contributed by atoms with Gasteiger partial charge in [0.05, 0.1) is 5.56 Å². The minimum atomic E-state index is -0.910. The second-order valence-electron chi connectivity index (χ2n) is 5.08. The zero-order chi connectivity index (χ0) is 15.9. The highest BCUT2D eigenvalue weighted by Gasteiger charge is 2.04. The van der Waals surface area contributed by atoms with Crippen molar-refractivity contribution in [1.29, 1.82) is 0 Å². The molecule has 0 radical (unpaired) electrons. The highest BCUT2D eigenvalue weighted by molar-refractivity contribution is 5.88.